The first-order valence-corrected chi connectivity index (χ1v) is 6.19. The molecule has 1 aliphatic heterocycles. The fourth-order valence-corrected chi connectivity index (χ4v) is 2.37. The lowest BCUT2D eigenvalue weighted by atomic mass is 9.64. The van der Waals surface area contributed by atoms with Gasteiger partial charge in [0.05, 0.1) is 11.2 Å². The third-order valence-electron chi connectivity index (χ3n) is 4.18. The van der Waals surface area contributed by atoms with Gasteiger partial charge in [0, 0.05) is 18.7 Å². The second-order valence-corrected chi connectivity index (χ2v) is 6.02. The maximum Gasteiger partial charge on any atom is 0.461 e. The van der Waals surface area contributed by atoms with Gasteiger partial charge >= 0.3 is 7.12 Å². The van der Waals surface area contributed by atoms with Gasteiger partial charge in [-0.2, -0.15) is 0 Å². The fourth-order valence-electron chi connectivity index (χ4n) is 2.37. The Labute approximate surface area is 98.0 Å². The molecule has 0 radical (unpaired) electrons. The zero-order valence-corrected chi connectivity index (χ0v) is 10.7. The molecule has 1 saturated heterocycles. The maximum absolute atomic E-state index is 11.4. The average Bonchev–Trinajstić information content (AvgIpc) is 2.36. The molecular weight excluding hydrogens is 203 g/mol. The minimum atomic E-state index is -0.280. The third-order valence-corrected chi connectivity index (χ3v) is 4.18. The molecule has 0 aromatic heterocycles. The van der Waals surface area contributed by atoms with Gasteiger partial charge in [0.25, 0.3) is 0 Å². The highest BCUT2D eigenvalue weighted by Crippen LogP contribution is 2.43. The molecule has 1 heterocycles. The smallest absolute Gasteiger partial charge is 0.403 e. The monoisotopic (exact) mass is 224 g/mol. The highest BCUT2D eigenvalue weighted by atomic mass is 16.7. The fraction of sp³-hybridized carbons (Fsp3) is 0.917. The highest BCUT2D eigenvalue weighted by molar-refractivity contribution is 6.48. The molecule has 2 fully saturated rings. The molecule has 4 heteroatoms. The summed E-state index contributed by atoms with van der Waals surface area (Å²) in [4.78, 5) is 11.4. The van der Waals surface area contributed by atoms with E-state index in [1.165, 1.54) is 0 Å². The summed E-state index contributed by atoms with van der Waals surface area (Å²) in [7, 11) is -0.200. The Morgan fingerprint density at radius 2 is 1.75 bits per heavy atom. The quantitative estimate of drug-likeness (QED) is 0.642. The standard InChI is InChI=1S/C12H21BO3/c1-11(2)12(3,4)16-13(15-11)9-6-5-7-10(14)8-9/h9H,5-8H2,1-4H3/t9-/m0/s1. The van der Waals surface area contributed by atoms with Gasteiger partial charge in [-0.3, -0.25) is 4.79 Å². The third kappa shape index (κ3) is 2.05. The summed E-state index contributed by atoms with van der Waals surface area (Å²) < 4.78 is 12.0. The van der Waals surface area contributed by atoms with Crippen molar-refractivity contribution in [3.63, 3.8) is 0 Å². The van der Waals surface area contributed by atoms with E-state index in [9.17, 15) is 4.79 Å². The van der Waals surface area contributed by atoms with Gasteiger partial charge in [0.1, 0.15) is 5.78 Å². The molecule has 90 valence electrons. The normalized spacial score (nSPS) is 33.1. The molecule has 0 bridgehead atoms. The van der Waals surface area contributed by atoms with Crippen LogP contribution in [0.15, 0.2) is 0 Å². The molecule has 1 atom stereocenters. The number of carbonyl (C=O) groups excluding carboxylic acids is 1. The summed E-state index contributed by atoms with van der Waals surface area (Å²) in [6, 6.07) is 0. The number of Topliss-reactive ketones (excluding diaryl/α,β-unsaturated/α-hetero) is 1. The molecule has 0 spiro atoms. The lowest BCUT2D eigenvalue weighted by Gasteiger charge is -2.32. The van der Waals surface area contributed by atoms with Crippen molar-refractivity contribution in [2.24, 2.45) is 0 Å². The molecule has 1 aliphatic carbocycles. The molecule has 2 rings (SSSR count). The van der Waals surface area contributed by atoms with Crippen LogP contribution in [-0.2, 0) is 14.1 Å². The molecule has 16 heavy (non-hydrogen) atoms. The first kappa shape index (κ1) is 12.1. The van der Waals surface area contributed by atoms with Crippen molar-refractivity contribution in [3.05, 3.63) is 0 Å². The molecule has 2 aliphatic rings. The van der Waals surface area contributed by atoms with Crippen LogP contribution in [0.2, 0.25) is 5.82 Å². The van der Waals surface area contributed by atoms with E-state index in [2.05, 4.69) is 27.7 Å². The molecule has 0 aromatic rings. The van der Waals surface area contributed by atoms with Crippen molar-refractivity contribution in [2.45, 2.75) is 70.4 Å². The number of carbonyl (C=O) groups is 1. The summed E-state index contributed by atoms with van der Waals surface area (Å²) in [5.74, 6) is 0.605. The van der Waals surface area contributed by atoms with E-state index in [0.29, 0.717) is 12.2 Å². The Bertz CT molecular complexity index is 283. The average molecular weight is 224 g/mol. The van der Waals surface area contributed by atoms with E-state index in [4.69, 9.17) is 9.31 Å². The Balaban J connectivity index is 2.05. The van der Waals surface area contributed by atoms with E-state index in [0.717, 1.165) is 19.3 Å². The Hall–Kier alpha value is -0.345. The van der Waals surface area contributed by atoms with Crippen molar-refractivity contribution >= 4 is 12.9 Å². The van der Waals surface area contributed by atoms with Gasteiger partial charge in [0.2, 0.25) is 0 Å². The van der Waals surface area contributed by atoms with Crippen LogP contribution < -0.4 is 0 Å². The van der Waals surface area contributed by atoms with Crippen LogP contribution >= 0.6 is 0 Å². The van der Waals surface area contributed by atoms with Crippen LogP contribution in [0.5, 0.6) is 0 Å². The van der Waals surface area contributed by atoms with Crippen LogP contribution in [-0.4, -0.2) is 24.1 Å². The topological polar surface area (TPSA) is 35.5 Å². The highest BCUT2D eigenvalue weighted by Gasteiger charge is 2.53. The molecule has 0 aromatic carbocycles. The van der Waals surface area contributed by atoms with Crippen molar-refractivity contribution in [1.29, 1.82) is 0 Å². The second kappa shape index (κ2) is 3.85. The summed E-state index contributed by atoms with van der Waals surface area (Å²) in [6.45, 7) is 8.21. The maximum atomic E-state index is 11.4. The lowest BCUT2D eigenvalue weighted by molar-refractivity contribution is -0.120. The van der Waals surface area contributed by atoms with Crippen molar-refractivity contribution in [3.8, 4) is 0 Å². The Morgan fingerprint density at radius 3 is 2.25 bits per heavy atom. The molecule has 1 saturated carbocycles. The van der Waals surface area contributed by atoms with Crippen LogP contribution in [0.1, 0.15) is 53.4 Å². The van der Waals surface area contributed by atoms with Gasteiger partial charge < -0.3 is 9.31 Å². The number of hydrogen-bond donors (Lipinski definition) is 0. The molecular formula is C12H21BO3. The Morgan fingerprint density at radius 1 is 1.19 bits per heavy atom. The van der Waals surface area contributed by atoms with Gasteiger partial charge in [-0.25, -0.2) is 0 Å². The molecule has 0 N–H and O–H groups in total. The molecule has 0 amide bonds. The number of hydrogen-bond acceptors (Lipinski definition) is 3. The van der Waals surface area contributed by atoms with Crippen LogP contribution in [0.3, 0.4) is 0 Å². The first-order chi connectivity index (χ1) is 7.32. The van der Waals surface area contributed by atoms with Crippen LogP contribution in [0.4, 0.5) is 0 Å². The van der Waals surface area contributed by atoms with E-state index < -0.39 is 0 Å². The predicted molar refractivity (Wildman–Crippen MR) is 63.3 cm³/mol. The summed E-state index contributed by atoms with van der Waals surface area (Å²) in [5, 5.41) is 0. The zero-order valence-electron chi connectivity index (χ0n) is 10.7. The van der Waals surface area contributed by atoms with Crippen molar-refractivity contribution < 1.29 is 14.1 Å². The number of ketones is 1. The SMILES string of the molecule is CC1(C)OB([C@H]2CCCC(=O)C2)OC1(C)C. The van der Waals surface area contributed by atoms with E-state index in [-0.39, 0.29) is 24.1 Å². The molecule has 0 unspecified atom stereocenters. The second-order valence-electron chi connectivity index (χ2n) is 6.02. The minimum Gasteiger partial charge on any atom is -0.403 e. The lowest BCUT2D eigenvalue weighted by Crippen LogP contribution is -2.41. The minimum absolute atomic E-state index is 0.200. The predicted octanol–water partition coefficient (Wildman–Crippen LogP) is 2.59. The molecule has 3 nitrogen and oxygen atoms in total. The summed E-state index contributed by atoms with van der Waals surface area (Å²) in [5.41, 5.74) is -0.559. The van der Waals surface area contributed by atoms with Crippen LogP contribution in [0, 0.1) is 0 Å². The van der Waals surface area contributed by atoms with Crippen molar-refractivity contribution in [2.75, 3.05) is 0 Å². The van der Waals surface area contributed by atoms with E-state index in [1.54, 1.807) is 0 Å². The Kier molecular flexibility index (Phi) is 2.91. The van der Waals surface area contributed by atoms with E-state index >= 15 is 0 Å². The van der Waals surface area contributed by atoms with Gasteiger partial charge in [-0.15, -0.1) is 0 Å². The first-order valence-electron chi connectivity index (χ1n) is 6.19. The number of rotatable bonds is 1. The zero-order chi connectivity index (χ0) is 12.0. The summed E-state index contributed by atoms with van der Waals surface area (Å²) in [6.07, 6.45) is 3.38. The summed E-state index contributed by atoms with van der Waals surface area (Å²) >= 11 is 0. The van der Waals surface area contributed by atoms with Crippen molar-refractivity contribution in [1.82, 2.24) is 0 Å². The van der Waals surface area contributed by atoms with Crippen LogP contribution in [0.25, 0.3) is 0 Å². The van der Waals surface area contributed by atoms with E-state index in [1.807, 2.05) is 0 Å². The van der Waals surface area contributed by atoms with Gasteiger partial charge in [-0.1, -0.05) is 6.42 Å². The largest absolute Gasteiger partial charge is 0.461 e. The van der Waals surface area contributed by atoms with Gasteiger partial charge in [-0.05, 0) is 34.1 Å². The van der Waals surface area contributed by atoms with Gasteiger partial charge in [0.15, 0.2) is 0 Å².